The molecule has 0 radical (unpaired) electrons. The molecule has 1 aromatic rings. The second kappa shape index (κ2) is 7.07. The monoisotopic (exact) mass is 234 g/mol. The quantitative estimate of drug-likeness (QED) is 0.792. The summed E-state index contributed by atoms with van der Waals surface area (Å²) < 4.78 is 0. The van der Waals surface area contributed by atoms with Crippen molar-refractivity contribution in [1.29, 1.82) is 0 Å². The molecule has 0 fully saturated rings. The summed E-state index contributed by atoms with van der Waals surface area (Å²) in [6.45, 7) is 4.68. The number of hydrogen-bond acceptors (Lipinski definition) is 2. The molecule has 17 heavy (non-hydrogen) atoms. The van der Waals surface area contributed by atoms with Gasteiger partial charge >= 0.3 is 0 Å². The van der Waals surface area contributed by atoms with Gasteiger partial charge < -0.3 is 11.1 Å². The molecule has 0 heterocycles. The van der Waals surface area contributed by atoms with E-state index in [9.17, 15) is 4.79 Å². The third-order valence-electron chi connectivity index (χ3n) is 2.88. The molecular formula is C14H22N2O. The maximum atomic E-state index is 11.9. The normalized spacial score (nSPS) is 12.2. The van der Waals surface area contributed by atoms with Crippen LogP contribution in [-0.4, -0.2) is 18.5 Å². The molecule has 3 heteroatoms. The van der Waals surface area contributed by atoms with E-state index in [2.05, 4.69) is 19.2 Å². The summed E-state index contributed by atoms with van der Waals surface area (Å²) in [5.74, 6) is -0.0310. The van der Waals surface area contributed by atoms with Gasteiger partial charge in [-0.15, -0.1) is 0 Å². The van der Waals surface area contributed by atoms with Crippen LogP contribution in [0.3, 0.4) is 0 Å². The minimum absolute atomic E-state index is 0.0310. The van der Waals surface area contributed by atoms with Crippen molar-refractivity contribution in [3.63, 3.8) is 0 Å². The van der Waals surface area contributed by atoms with Crippen LogP contribution >= 0.6 is 0 Å². The Kier molecular flexibility index (Phi) is 5.70. The summed E-state index contributed by atoms with van der Waals surface area (Å²) in [6.07, 6.45) is 2.94. The van der Waals surface area contributed by atoms with Crippen LogP contribution in [0.2, 0.25) is 0 Å². The van der Waals surface area contributed by atoms with E-state index in [4.69, 9.17) is 5.73 Å². The van der Waals surface area contributed by atoms with Gasteiger partial charge in [-0.1, -0.05) is 32.4 Å². The first kappa shape index (κ1) is 13.7. The Bertz CT molecular complexity index is 346. The Hall–Kier alpha value is -1.35. The summed E-state index contributed by atoms with van der Waals surface area (Å²) in [4.78, 5) is 11.9. The van der Waals surface area contributed by atoms with E-state index in [1.807, 2.05) is 24.3 Å². The van der Waals surface area contributed by atoms with Crippen molar-refractivity contribution >= 4 is 5.91 Å². The molecule has 3 nitrogen and oxygen atoms in total. The van der Waals surface area contributed by atoms with Crippen molar-refractivity contribution in [2.75, 3.05) is 6.54 Å². The highest BCUT2D eigenvalue weighted by Crippen LogP contribution is 2.06. The van der Waals surface area contributed by atoms with Gasteiger partial charge in [0.2, 0.25) is 0 Å². The molecule has 0 aliphatic heterocycles. The molecular weight excluding hydrogens is 212 g/mol. The molecule has 94 valence electrons. The van der Waals surface area contributed by atoms with Gasteiger partial charge in [-0.05, 0) is 30.5 Å². The van der Waals surface area contributed by atoms with Crippen LogP contribution in [0.5, 0.6) is 0 Å². The first-order valence-corrected chi connectivity index (χ1v) is 6.31. The molecule has 1 atom stereocenters. The lowest BCUT2D eigenvalue weighted by Crippen LogP contribution is -2.40. The Morgan fingerprint density at radius 3 is 2.41 bits per heavy atom. The molecule has 0 spiro atoms. The topological polar surface area (TPSA) is 55.1 Å². The largest absolute Gasteiger partial charge is 0.348 e. The number of rotatable bonds is 6. The van der Waals surface area contributed by atoms with Gasteiger partial charge in [0, 0.05) is 18.2 Å². The number of aryl methyl sites for hydroxylation is 1. The zero-order valence-electron chi connectivity index (χ0n) is 10.7. The van der Waals surface area contributed by atoms with Crippen molar-refractivity contribution in [2.45, 2.75) is 39.2 Å². The number of nitrogens with two attached hydrogens (primary N) is 1. The van der Waals surface area contributed by atoms with Crippen LogP contribution in [0.15, 0.2) is 24.3 Å². The first-order valence-electron chi connectivity index (χ1n) is 6.31. The third-order valence-corrected chi connectivity index (χ3v) is 2.88. The van der Waals surface area contributed by atoms with Crippen LogP contribution in [0.1, 0.15) is 42.6 Å². The molecule has 1 unspecified atom stereocenters. The Morgan fingerprint density at radius 2 is 1.94 bits per heavy atom. The zero-order chi connectivity index (χ0) is 12.7. The standard InChI is InChI=1S/C14H22N2O/c1-3-5-13(10-15)16-14(17)12-8-6-11(4-2)7-9-12/h6-9,13H,3-5,10,15H2,1-2H3,(H,16,17). The molecule has 1 rings (SSSR count). The summed E-state index contributed by atoms with van der Waals surface area (Å²) >= 11 is 0. The molecule has 0 aliphatic carbocycles. The average Bonchev–Trinajstić information content (AvgIpc) is 2.38. The molecule has 0 aromatic heterocycles. The van der Waals surface area contributed by atoms with E-state index in [0.29, 0.717) is 12.1 Å². The zero-order valence-corrected chi connectivity index (χ0v) is 10.7. The van der Waals surface area contributed by atoms with Gasteiger partial charge in [0.05, 0.1) is 0 Å². The maximum absolute atomic E-state index is 11.9. The van der Waals surface area contributed by atoms with E-state index in [-0.39, 0.29) is 11.9 Å². The van der Waals surface area contributed by atoms with Gasteiger partial charge in [-0.3, -0.25) is 4.79 Å². The van der Waals surface area contributed by atoms with Crippen molar-refractivity contribution in [2.24, 2.45) is 5.73 Å². The highest BCUT2D eigenvalue weighted by atomic mass is 16.1. The number of carbonyl (C=O) groups is 1. The predicted molar refractivity (Wildman–Crippen MR) is 71.0 cm³/mol. The first-order chi connectivity index (χ1) is 8.21. The number of carbonyl (C=O) groups excluding carboxylic acids is 1. The molecule has 0 saturated heterocycles. The van der Waals surface area contributed by atoms with Crippen molar-refractivity contribution in [1.82, 2.24) is 5.32 Å². The highest BCUT2D eigenvalue weighted by Gasteiger charge is 2.11. The van der Waals surface area contributed by atoms with E-state index < -0.39 is 0 Å². The van der Waals surface area contributed by atoms with Gasteiger partial charge in [0.15, 0.2) is 0 Å². The lowest BCUT2D eigenvalue weighted by Gasteiger charge is -2.15. The van der Waals surface area contributed by atoms with E-state index in [1.165, 1.54) is 5.56 Å². The van der Waals surface area contributed by atoms with Crippen molar-refractivity contribution in [3.05, 3.63) is 35.4 Å². The fourth-order valence-electron chi connectivity index (χ4n) is 1.76. The van der Waals surface area contributed by atoms with Gasteiger partial charge in [-0.2, -0.15) is 0 Å². The molecule has 1 amide bonds. The van der Waals surface area contributed by atoms with Crippen molar-refractivity contribution < 1.29 is 4.79 Å². The van der Waals surface area contributed by atoms with Gasteiger partial charge in [0.1, 0.15) is 0 Å². The number of nitrogens with one attached hydrogen (secondary N) is 1. The van der Waals surface area contributed by atoms with Crippen LogP contribution in [0, 0.1) is 0 Å². The van der Waals surface area contributed by atoms with Crippen LogP contribution < -0.4 is 11.1 Å². The van der Waals surface area contributed by atoms with E-state index in [0.717, 1.165) is 19.3 Å². The molecule has 0 aliphatic rings. The lowest BCUT2D eigenvalue weighted by atomic mass is 10.1. The van der Waals surface area contributed by atoms with Gasteiger partial charge in [-0.25, -0.2) is 0 Å². The fraction of sp³-hybridized carbons (Fsp3) is 0.500. The number of hydrogen-bond donors (Lipinski definition) is 2. The molecule has 0 saturated carbocycles. The Balaban J connectivity index is 2.62. The summed E-state index contributed by atoms with van der Waals surface area (Å²) in [7, 11) is 0. The minimum Gasteiger partial charge on any atom is -0.348 e. The lowest BCUT2D eigenvalue weighted by molar-refractivity contribution is 0.0936. The smallest absolute Gasteiger partial charge is 0.251 e. The van der Waals surface area contributed by atoms with Gasteiger partial charge in [0.25, 0.3) is 5.91 Å². The highest BCUT2D eigenvalue weighted by molar-refractivity contribution is 5.94. The summed E-state index contributed by atoms with van der Waals surface area (Å²) in [5.41, 5.74) is 7.56. The van der Waals surface area contributed by atoms with E-state index in [1.54, 1.807) is 0 Å². The minimum atomic E-state index is -0.0310. The van der Waals surface area contributed by atoms with Crippen LogP contribution in [0.25, 0.3) is 0 Å². The maximum Gasteiger partial charge on any atom is 0.251 e. The third kappa shape index (κ3) is 4.19. The summed E-state index contributed by atoms with van der Waals surface area (Å²) in [6, 6.07) is 7.80. The molecule has 1 aromatic carbocycles. The number of benzene rings is 1. The van der Waals surface area contributed by atoms with Crippen LogP contribution in [0.4, 0.5) is 0 Å². The molecule has 0 bridgehead atoms. The van der Waals surface area contributed by atoms with Crippen molar-refractivity contribution in [3.8, 4) is 0 Å². The average molecular weight is 234 g/mol. The second-order valence-corrected chi connectivity index (χ2v) is 4.25. The summed E-state index contributed by atoms with van der Waals surface area (Å²) in [5, 5.41) is 2.96. The second-order valence-electron chi connectivity index (χ2n) is 4.25. The Labute approximate surface area is 103 Å². The van der Waals surface area contributed by atoms with E-state index >= 15 is 0 Å². The van der Waals surface area contributed by atoms with Crippen LogP contribution in [-0.2, 0) is 6.42 Å². The molecule has 3 N–H and O–H groups in total. The fourth-order valence-corrected chi connectivity index (χ4v) is 1.76. The SMILES string of the molecule is CCCC(CN)NC(=O)c1ccc(CC)cc1. The predicted octanol–water partition coefficient (Wildman–Crippen LogP) is 2.11. The number of amides is 1. The Morgan fingerprint density at radius 1 is 1.29 bits per heavy atom.